The van der Waals surface area contributed by atoms with Crippen molar-refractivity contribution in [1.29, 1.82) is 0 Å². The van der Waals surface area contributed by atoms with Crippen molar-refractivity contribution in [3.05, 3.63) is 21.4 Å². The van der Waals surface area contributed by atoms with Crippen LogP contribution in [0.5, 0.6) is 0 Å². The molecule has 0 aromatic carbocycles. The average molecular weight is 305 g/mol. The summed E-state index contributed by atoms with van der Waals surface area (Å²) in [5.74, 6) is 6.67. The van der Waals surface area contributed by atoms with Gasteiger partial charge < -0.3 is 10.4 Å². The second-order valence-electron chi connectivity index (χ2n) is 5.84. The van der Waals surface area contributed by atoms with Crippen molar-refractivity contribution in [3.8, 4) is 11.8 Å². The number of carbonyl (C=O) groups is 1. The van der Waals surface area contributed by atoms with Crippen LogP contribution in [-0.4, -0.2) is 23.7 Å². The smallest absolute Gasteiger partial charge is 0.261 e. The second kappa shape index (κ2) is 7.63. The lowest BCUT2D eigenvalue weighted by molar-refractivity contribution is 0.0925. The van der Waals surface area contributed by atoms with E-state index in [2.05, 4.69) is 24.1 Å². The van der Waals surface area contributed by atoms with E-state index in [1.165, 1.54) is 24.2 Å². The number of hydrogen-bond donors (Lipinski definition) is 2. The monoisotopic (exact) mass is 305 g/mol. The molecule has 1 amide bonds. The first kappa shape index (κ1) is 16.1. The van der Waals surface area contributed by atoms with E-state index in [1.807, 2.05) is 13.0 Å². The van der Waals surface area contributed by atoms with Gasteiger partial charge in [-0.05, 0) is 37.3 Å². The molecule has 0 bridgehead atoms. The minimum absolute atomic E-state index is 0.0254. The van der Waals surface area contributed by atoms with Gasteiger partial charge in [-0.2, -0.15) is 0 Å². The quantitative estimate of drug-likeness (QED) is 0.843. The predicted octanol–water partition coefficient (Wildman–Crippen LogP) is 3.10. The zero-order chi connectivity index (χ0) is 15.2. The van der Waals surface area contributed by atoms with Crippen LogP contribution < -0.4 is 5.32 Å². The van der Waals surface area contributed by atoms with E-state index in [-0.39, 0.29) is 12.5 Å². The highest BCUT2D eigenvalue weighted by molar-refractivity contribution is 7.14. The molecule has 21 heavy (non-hydrogen) atoms. The van der Waals surface area contributed by atoms with Gasteiger partial charge in [-0.25, -0.2) is 0 Å². The Bertz CT molecular complexity index is 553. The van der Waals surface area contributed by atoms with Gasteiger partial charge >= 0.3 is 0 Å². The lowest BCUT2D eigenvalue weighted by atomic mass is 9.87. The molecule has 1 aromatic rings. The van der Waals surface area contributed by atoms with Gasteiger partial charge in [-0.3, -0.25) is 4.79 Å². The Morgan fingerprint density at radius 1 is 1.52 bits per heavy atom. The van der Waals surface area contributed by atoms with Crippen LogP contribution in [-0.2, 0) is 0 Å². The van der Waals surface area contributed by atoms with Gasteiger partial charge in [0.2, 0.25) is 0 Å². The summed E-state index contributed by atoms with van der Waals surface area (Å²) >= 11 is 1.44. The maximum atomic E-state index is 12.3. The van der Waals surface area contributed by atoms with Crippen molar-refractivity contribution >= 4 is 17.2 Å². The average Bonchev–Trinajstić information content (AvgIpc) is 2.81. The number of hydrogen-bond acceptors (Lipinski definition) is 3. The van der Waals surface area contributed by atoms with Crippen molar-refractivity contribution in [1.82, 2.24) is 5.32 Å². The van der Waals surface area contributed by atoms with Crippen LogP contribution in [0.15, 0.2) is 6.07 Å². The van der Waals surface area contributed by atoms with E-state index in [4.69, 9.17) is 5.11 Å². The molecule has 1 aliphatic rings. The van der Waals surface area contributed by atoms with Gasteiger partial charge in [0.1, 0.15) is 0 Å². The third-order valence-electron chi connectivity index (χ3n) is 3.85. The second-order valence-corrected chi connectivity index (χ2v) is 6.89. The van der Waals surface area contributed by atoms with E-state index in [0.29, 0.717) is 18.4 Å². The number of amides is 1. The first-order valence-electron chi connectivity index (χ1n) is 7.61. The maximum Gasteiger partial charge on any atom is 0.261 e. The van der Waals surface area contributed by atoms with E-state index >= 15 is 0 Å². The fourth-order valence-corrected chi connectivity index (χ4v) is 3.69. The molecule has 2 N–H and O–H groups in total. The number of carbonyl (C=O) groups excluding carboxylic acids is 1. The Balaban J connectivity index is 1.99. The van der Waals surface area contributed by atoms with Crippen molar-refractivity contribution < 1.29 is 9.90 Å². The van der Waals surface area contributed by atoms with Crippen LogP contribution >= 0.6 is 11.3 Å². The zero-order valence-corrected chi connectivity index (χ0v) is 13.6. The van der Waals surface area contributed by atoms with Crippen molar-refractivity contribution in [3.63, 3.8) is 0 Å². The van der Waals surface area contributed by atoms with Crippen LogP contribution in [0.4, 0.5) is 0 Å². The molecule has 1 fully saturated rings. The third kappa shape index (κ3) is 4.59. The molecule has 2 unspecified atom stereocenters. The van der Waals surface area contributed by atoms with Gasteiger partial charge in [0.05, 0.1) is 16.4 Å². The summed E-state index contributed by atoms with van der Waals surface area (Å²) in [6.07, 6.45) is 5.12. The lowest BCUT2D eigenvalue weighted by Gasteiger charge is -2.27. The third-order valence-corrected chi connectivity index (χ3v) is 5.00. The largest absolute Gasteiger partial charge is 0.395 e. The summed E-state index contributed by atoms with van der Waals surface area (Å²) in [5, 5.41) is 11.9. The molecule has 1 aliphatic carbocycles. The predicted molar refractivity (Wildman–Crippen MR) is 86.5 cm³/mol. The molecule has 0 aliphatic heterocycles. The molecule has 1 aromatic heterocycles. The van der Waals surface area contributed by atoms with Gasteiger partial charge in [0, 0.05) is 12.5 Å². The van der Waals surface area contributed by atoms with Crippen LogP contribution in [0.2, 0.25) is 0 Å². The Hall–Kier alpha value is -1.31. The first-order chi connectivity index (χ1) is 10.1. The molecule has 114 valence electrons. The SMILES string of the molecule is Cc1cc(C(=O)NC2CCCC(C)C2)sc1C#CCCO. The fourth-order valence-electron chi connectivity index (χ4n) is 2.74. The van der Waals surface area contributed by atoms with Crippen molar-refractivity contribution in [2.75, 3.05) is 6.61 Å². The summed E-state index contributed by atoms with van der Waals surface area (Å²) in [4.78, 5) is 14.0. The van der Waals surface area contributed by atoms with E-state index in [1.54, 1.807) is 0 Å². The first-order valence-corrected chi connectivity index (χ1v) is 8.43. The van der Waals surface area contributed by atoms with E-state index < -0.39 is 0 Å². The fraction of sp³-hybridized carbons (Fsp3) is 0.588. The molecule has 1 saturated carbocycles. The standard InChI is InChI=1S/C17H23NO2S/c1-12-6-5-7-14(10-12)18-17(20)16-11-13(2)15(21-16)8-3-4-9-19/h11-12,14,19H,4-7,9-10H2,1-2H3,(H,18,20). The van der Waals surface area contributed by atoms with Crippen molar-refractivity contribution in [2.24, 2.45) is 5.92 Å². The van der Waals surface area contributed by atoms with Gasteiger partial charge in [-0.1, -0.05) is 31.6 Å². The van der Waals surface area contributed by atoms with Gasteiger partial charge in [0.25, 0.3) is 5.91 Å². The molecule has 2 rings (SSSR count). The number of thiophene rings is 1. The minimum atomic E-state index is 0.0254. The Morgan fingerprint density at radius 2 is 2.33 bits per heavy atom. The Kier molecular flexibility index (Phi) is 5.84. The Morgan fingerprint density at radius 3 is 3.05 bits per heavy atom. The summed E-state index contributed by atoms with van der Waals surface area (Å²) in [5.41, 5.74) is 1.03. The van der Waals surface area contributed by atoms with Gasteiger partial charge in [0.15, 0.2) is 0 Å². The molecule has 2 atom stereocenters. The summed E-state index contributed by atoms with van der Waals surface area (Å²) in [6.45, 7) is 4.30. The lowest BCUT2D eigenvalue weighted by Crippen LogP contribution is -2.37. The molecule has 4 heteroatoms. The minimum Gasteiger partial charge on any atom is -0.395 e. The number of aliphatic hydroxyl groups excluding tert-OH is 1. The molecule has 0 spiro atoms. The van der Waals surface area contributed by atoms with Gasteiger partial charge in [-0.15, -0.1) is 11.3 Å². The number of aliphatic hydroxyl groups is 1. The maximum absolute atomic E-state index is 12.3. The Labute approximate surface area is 130 Å². The van der Waals surface area contributed by atoms with Crippen LogP contribution in [0, 0.1) is 24.7 Å². The molecular weight excluding hydrogens is 282 g/mol. The topological polar surface area (TPSA) is 49.3 Å². The molecule has 0 saturated heterocycles. The molecule has 1 heterocycles. The summed E-state index contributed by atoms with van der Waals surface area (Å²) < 4.78 is 0. The van der Waals surface area contributed by atoms with Crippen LogP contribution in [0.1, 0.15) is 59.1 Å². The highest BCUT2D eigenvalue weighted by Gasteiger charge is 2.21. The van der Waals surface area contributed by atoms with Crippen molar-refractivity contribution in [2.45, 2.75) is 52.0 Å². The van der Waals surface area contributed by atoms with E-state index in [0.717, 1.165) is 28.2 Å². The number of nitrogens with one attached hydrogen (secondary N) is 1. The van der Waals surface area contributed by atoms with Crippen LogP contribution in [0.25, 0.3) is 0 Å². The molecular formula is C17H23NO2S. The number of rotatable bonds is 3. The highest BCUT2D eigenvalue weighted by Crippen LogP contribution is 2.25. The number of aryl methyl sites for hydroxylation is 1. The highest BCUT2D eigenvalue weighted by atomic mass is 32.1. The molecule has 0 radical (unpaired) electrons. The van der Waals surface area contributed by atoms with E-state index in [9.17, 15) is 4.79 Å². The summed E-state index contributed by atoms with van der Waals surface area (Å²) in [7, 11) is 0. The molecule has 3 nitrogen and oxygen atoms in total. The normalized spacial score (nSPS) is 21.5. The summed E-state index contributed by atoms with van der Waals surface area (Å²) in [6, 6.07) is 2.22. The van der Waals surface area contributed by atoms with Crippen LogP contribution in [0.3, 0.4) is 0 Å². The zero-order valence-electron chi connectivity index (χ0n) is 12.7.